The van der Waals surface area contributed by atoms with Crippen molar-refractivity contribution in [3.05, 3.63) is 0 Å². The molecule has 3 atom stereocenters. The van der Waals surface area contributed by atoms with Gasteiger partial charge in [0.25, 0.3) is 0 Å². The molecule has 1 heterocycles. The van der Waals surface area contributed by atoms with Crippen LogP contribution in [0.4, 0.5) is 0 Å². The van der Waals surface area contributed by atoms with Crippen LogP contribution < -0.4 is 5.32 Å². The molecule has 3 unspecified atom stereocenters. The van der Waals surface area contributed by atoms with Crippen LogP contribution in [0.3, 0.4) is 0 Å². The fraction of sp³-hybridized carbons (Fsp3) is 0.960. The van der Waals surface area contributed by atoms with Crippen LogP contribution in [0.25, 0.3) is 0 Å². The van der Waals surface area contributed by atoms with Gasteiger partial charge in [0.1, 0.15) is 0 Å². The molecule has 1 saturated heterocycles. The van der Waals surface area contributed by atoms with Crippen molar-refractivity contribution in [1.29, 1.82) is 0 Å². The lowest BCUT2D eigenvalue weighted by Crippen LogP contribution is -2.58. The second kappa shape index (κ2) is 13.6. The Morgan fingerprint density at radius 1 is 1.03 bits per heavy atom. The molecular weight excluding hydrogens is 358 g/mol. The van der Waals surface area contributed by atoms with Gasteiger partial charge in [-0.15, -0.1) is 0 Å². The summed E-state index contributed by atoms with van der Waals surface area (Å²) in [6.07, 6.45) is 9.78. The maximum Gasteiger partial charge on any atom is 0.236 e. The number of nitrogens with one attached hydrogen (secondary N) is 1. The molecule has 1 spiro atoms. The van der Waals surface area contributed by atoms with Gasteiger partial charge in [-0.25, -0.2) is 0 Å². The van der Waals surface area contributed by atoms with E-state index in [4.69, 9.17) is 0 Å². The van der Waals surface area contributed by atoms with Crippen LogP contribution in [-0.2, 0) is 4.79 Å². The maximum absolute atomic E-state index is 11.7. The number of carbonyl (C=O) groups excluding carboxylic acids is 1. The van der Waals surface area contributed by atoms with Crippen molar-refractivity contribution in [1.82, 2.24) is 15.1 Å². The number of hydrogen-bond acceptors (Lipinski definition) is 3. The molecule has 0 aromatic rings. The van der Waals surface area contributed by atoms with Crippen LogP contribution in [0, 0.1) is 22.7 Å². The lowest BCUT2D eigenvalue weighted by atomic mass is 9.77. The number of nitrogens with zero attached hydrogens (tertiary/aromatic N) is 2. The third-order valence-electron chi connectivity index (χ3n) is 6.74. The zero-order valence-corrected chi connectivity index (χ0v) is 21.5. The summed E-state index contributed by atoms with van der Waals surface area (Å²) < 4.78 is 0. The van der Waals surface area contributed by atoms with Crippen molar-refractivity contribution < 1.29 is 4.79 Å². The van der Waals surface area contributed by atoms with E-state index < -0.39 is 0 Å². The van der Waals surface area contributed by atoms with Gasteiger partial charge in [-0.3, -0.25) is 4.79 Å². The van der Waals surface area contributed by atoms with Crippen molar-refractivity contribution in [2.45, 2.75) is 86.5 Å². The van der Waals surface area contributed by atoms with E-state index in [-0.39, 0.29) is 0 Å². The van der Waals surface area contributed by atoms with Crippen LogP contribution in [0.1, 0.15) is 86.5 Å². The van der Waals surface area contributed by atoms with Gasteiger partial charge < -0.3 is 15.1 Å². The molecule has 0 radical (unpaired) electrons. The Labute approximate surface area is 183 Å². The van der Waals surface area contributed by atoms with Crippen LogP contribution in [0.15, 0.2) is 0 Å². The monoisotopic (exact) mass is 411 g/mol. The van der Waals surface area contributed by atoms with Crippen molar-refractivity contribution in [2.75, 3.05) is 47.8 Å². The summed E-state index contributed by atoms with van der Waals surface area (Å²) in [5.41, 5.74) is 1.22. The minimum Gasteiger partial charge on any atom is -0.340 e. The Morgan fingerprint density at radius 3 is 1.83 bits per heavy atom. The largest absolute Gasteiger partial charge is 0.340 e. The summed E-state index contributed by atoms with van der Waals surface area (Å²) in [7, 11) is 7.65. The summed E-state index contributed by atoms with van der Waals surface area (Å²) in [6, 6.07) is 0. The number of likely N-dealkylation sites (tertiary alicyclic amines) is 1. The number of carbonyl (C=O) groups is 1. The molecule has 0 aromatic carbocycles. The molecule has 0 aromatic heterocycles. The van der Waals surface area contributed by atoms with Crippen LogP contribution >= 0.6 is 0 Å². The zero-order chi connectivity index (χ0) is 22.7. The van der Waals surface area contributed by atoms with Crippen molar-refractivity contribution in [3.8, 4) is 0 Å². The Kier molecular flexibility index (Phi) is 13.4. The van der Waals surface area contributed by atoms with E-state index in [9.17, 15) is 4.79 Å². The Balaban J connectivity index is 0.000000478. The molecule has 3 fully saturated rings. The van der Waals surface area contributed by atoms with Gasteiger partial charge in [0, 0.05) is 18.5 Å². The highest BCUT2D eigenvalue weighted by molar-refractivity contribution is 5.79. The summed E-state index contributed by atoms with van der Waals surface area (Å²) in [6.45, 7) is 16.0. The second-order valence-electron chi connectivity index (χ2n) is 10.3. The molecular formula is C25H53N3O. The Hall–Kier alpha value is -0.610. The predicted molar refractivity (Wildman–Crippen MR) is 128 cm³/mol. The van der Waals surface area contributed by atoms with Gasteiger partial charge in [0.15, 0.2) is 0 Å². The number of amides is 1. The van der Waals surface area contributed by atoms with Crippen molar-refractivity contribution in [3.63, 3.8) is 0 Å². The van der Waals surface area contributed by atoms with Crippen LogP contribution in [-0.4, -0.2) is 63.5 Å². The van der Waals surface area contributed by atoms with Crippen LogP contribution in [0.2, 0.25) is 0 Å². The predicted octanol–water partition coefficient (Wildman–Crippen LogP) is 5.28. The van der Waals surface area contributed by atoms with Gasteiger partial charge >= 0.3 is 0 Å². The van der Waals surface area contributed by atoms with E-state index in [2.05, 4.69) is 33.0 Å². The molecule has 174 valence electrons. The van der Waals surface area contributed by atoms with Crippen molar-refractivity contribution >= 4 is 5.91 Å². The number of hydrogen-bond donors (Lipinski definition) is 1. The van der Waals surface area contributed by atoms with Gasteiger partial charge in [-0.2, -0.15) is 0 Å². The lowest BCUT2D eigenvalue weighted by molar-refractivity contribution is -0.143. The molecule has 29 heavy (non-hydrogen) atoms. The van der Waals surface area contributed by atoms with Gasteiger partial charge in [0.2, 0.25) is 5.91 Å². The zero-order valence-electron chi connectivity index (χ0n) is 21.5. The number of likely N-dealkylation sites (N-methyl/N-ethyl adjacent to an activating group) is 1. The molecule has 3 aliphatic rings. The molecule has 3 rings (SSSR count). The normalized spacial score (nSPS) is 29.1. The summed E-state index contributed by atoms with van der Waals surface area (Å²) in [5.74, 6) is 2.16. The molecule has 1 N–H and O–H groups in total. The van der Waals surface area contributed by atoms with Gasteiger partial charge in [0.05, 0.1) is 6.54 Å². The highest BCUT2D eigenvalue weighted by atomic mass is 16.2. The first-order valence-corrected chi connectivity index (χ1v) is 12.1. The highest BCUT2D eigenvalue weighted by Crippen LogP contribution is 2.48. The molecule has 2 saturated carbocycles. The second-order valence-corrected chi connectivity index (χ2v) is 10.3. The molecule has 2 aliphatic carbocycles. The quantitative estimate of drug-likeness (QED) is 0.686. The smallest absolute Gasteiger partial charge is 0.236 e. The third kappa shape index (κ3) is 9.83. The summed E-state index contributed by atoms with van der Waals surface area (Å²) in [5, 5.41) is 2.75. The van der Waals surface area contributed by atoms with E-state index in [1.165, 1.54) is 44.9 Å². The molecule has 4 heteroatoms. The van der Waals surface area contributed by atoms with E-state index in [1.54, 1.807) is 0 Å². The van der Waals surface area contributed by atoms with Crippen molar-refractivity contribution in [2.24, 2.45) is 22.7 Å². The van der Waals surface area contributed by atoms with E-state index in [0.717, 1.165) is 24.9 Å². The first-order chi connectivity index (χ1) is 13.6. The molecule has 1 aliphatic heterocycles. The summed E-state index contributed by atoms with van der Waals surface area (Å²) in [4.78, 5) is 15.7. The topological polar surface area (TPSA) is 35.6 Å². The number of rotatable bonds is 3. The third-order valence-corrected chi connectivity index (χ3v) is 6.74. The Bertz CT molecular complexity index is 445. The van der Waals surface area contributed by atoms with E-state index in [0.29, 0.717) is 23.3 Å². The minimum absolute atomic E-state index is 0.296. The first-order valence-electron chi connectivity index (χ1n) is 12.1. The highest BCUT2D eigenvalue weighted by Gasteiger charge is 2.48. The SMILES string of the molecule is CC.CC1CCC2(C1)CN(C(=O)CN(C)C)C2.CCC1(C)CCC(C)C1.CNC. The lowest BCUT2D eigenvalue weighted by Gasteiger charge is -2.48. The van der Waals surface area contributed by atoms with E-state index in [1.807, 2.05) is 51.8 Å². The standard InChI is InChI=1S/C12H22N2O.C9H18.C2H7N.C2H6/c1-10-4-5-12(6-10)8-14(9-12)11(15)7-13(2)3;1-4-9(3)6-5-8(2)7-9;1-3-2;1-2/h10H,4-9H2,1-3H3;8H,4-7H2,1-3H3;3H,1-2H3;1-2H3. The molecule has 1 amide bonds. The van der Waals surface area contributed by atoms with E-state index >= 15 is 0 Å². The molecule has 0 bridgehead atoms. The Morgan fingerprint density at radius 2 is 1.52 bits per heavy atom. The fourth-order valence-corrected chi connectivity index (χ4v) is 5.05. The summed E-state index contributed by atoms with van der Waals surface area (Å²) >= 11 is 0. The maximum atomic E-state index is 11.7. The minimum atomic E-state index is 0.296. The van der Waals surface area contributed by atoms with Gasteiger partial charge in [-0.05, 0) is 71.1 Å². The average molecular weight is 412 g/mol. The fourth-order valence-electron chi connectivity index (χ4n) is 5.05. The first kappa shape index (κ1) is 28.4. The molecule has 4 nitrogen and oxygen atoms in total. The van der Waals surface area contributed by atoms with Crippen LogP contribution in [0.5, 0.6) is 0 Å². The average Bonchev–Trinajstić information content (AvgIpc) is 3.19. The van der Waals surface area contributed by atoms with Gasteiger partial charge in [-0.1, -0.05) is 60.8 Å².